The van der Waals surface area contributed by atoms with Gasteiger partial charge in [-0.15, -0.1) is 6.58 Å². The van der Waals surface area contributed by atoms with Gasteiger partial charge in [-0.25, -0.2) is 0 Å². The largest absolute Gasteiger partial charge is 0.327 e. The minimum absolute atomic E-state index is 0.265. The van der Waals surface area contributed by atoms with Crippen molar-refractivity contribution in [3.63, 3.8) is 0 Å². The fraction of sp³-hybridized carbons (Fsp3) is 0.600. The summed E-state index contributed by atoms with van der Waals surface area (Å²) >= 11 is 0. The van der Waals surface area contributed by atoms with Crippen LogP contribution in [0.2, 0.25) is 0 Å². The van der Waals surface area contributed by atoms with Gasteiger partial charge in [-0.2, -0.15) is 0 Å². The fourth-order valence-electron chi connectivity index (χ4n) is 0.241. The van der Waals surface area contributed by atoms with E-state index in [9.17, 15) is 4.57 Å². The highest BCUT2D eigenvalue weighted by molar-refractivity contribution is 7.52. The van der Waals surface area contributed by atoms with Crippen molar-refractivity contribution in [2.24, 2.45) is 0 Å². The Morgan fingerprint density at radius 3 is 2.67 bits per heavy atom. The summed E-state index contributed by atoms with van der Waals surface area (Å²) in [6, 6.07) is 0. The van der Waals surface area contributed by atoms with E-state index in [1.165, 1.54) is 19.9 Å². The summed E-state index contributed by atoms with van der Waals surface area (Å²) in [5, 5.41) is 0. The second kappa shape index (κ2) is 3.83. The quantitative estimate of drug-likeness (QED) is 0.451. The maximum Gasteiger partial charge on any atom is 0.327 e. The lowest BCUT2D eigenvalue weighted by molar-refractivity contribution is 0.260. The van der Waals surface area contributed by atoms with Crippen LogP contribution in [0, 0.1) is 0 Å². The molecule has 0 heterocycles. The molecule has 0 aliphatic rings. The van der Waals surface area contributed by atoms with Crippen LogP contribution in [0.5, 0.6) is 0 Å². The summed E-state index contributed by atoms with van der Waals surface area (Å²) in [6.07, 6.45) is 1.52. The van der Waals surface area contributed by atoms with Gasteiger partial charge in [-0.05, 0) is 0 Å². The van der Waals surface area contributed by atoms with Crippen LogP contribution in [0.1, 0.15) is 0 Å². The van der Waals surface area contributed by atoms with E-state index in [1.54, 1.807) is 0 Å². The van der Waals surface area contributed by atoms with Gasteiger partial charge in [0.05, 0.1) is 6.61 Å². The van der Waals surface area contributed by atoms with Crippen molar-refractivity contribution in [3.8, 4) is 0 Å². The zero-order valence-electron chi connectivity index (χ0n) is 5.66. The molecular weight excluding hydrogens is 139 g/mol. The molecule has 0 aliphatic heterocycles. The Kier molecular flexibility index (Phi) is 3.78. The van der Waals surface area contributed by atoms with Gasteiger partial charge in [0, 0.05) is 13.8 Å². The Bertz CT molecular complexity index is 132. The molecule has 0 rings (SSSR count). The van der Waals surface area contributed by atoms with Gasteiger partial charge in [-0.3, -0.25) is 4.57 Å². The summed E-state index contributed by atoms with van der Waals surface area (Å²) in [6.45, 7) is 5.08. The molecule has 1 atom stereocenters. The van der Waals surface area contributed by atoms with Crippen LogP contribution in [-0.4, -0.2) is 20.4 Å². The first-order valence-corrected chi connectivity index (χ1v) is 4.50. The van der Waals surface area contributed by atoms with Crippen molar-refractivity contribution in [1.82, 2.24) is 0 Å². The van der Waals surface area contributed by atoms with Gasteiger partial charge in [0.1, 0.15) is 0 Å². The average Bonchev–Trinajstić information content (AvgIpc) is 1.84. The molecule has 0 aromatic heterocycles. The van der Waals surface area contributed by atoms with Crippen molar-refractivity contribution >= 4 is 7.60 Å². The van der Waals surface area contributed by atoms with E-state index in [2.05, 4.69) is 11.1 Å². The first-order valence-electron chi connectivity index (χ1n) is 2.51. The Morgan fingerprint density at radius 2 is 2.33 bits per heavy atom. The Morgan fingerprint density at radius 1 is 1.78 bits per heavy atom. The van der Waals surface area contributed by atoms with Crippen LogP contribution >= 0.6 is 7.60 Å². The zero-order valence-corrected chi connectivity index (χ0v) is 6.56. The van der Waals surface area contributed by atoms with Crippen molar-refractivity contribution in [2.75, 3.05) is 20.4 Å². The molecule has 0 aromatic carbocycles. The lowest BCUT2D eigenvalue weighted by atomic mass is 10.7. The van der Waals surface area contributed by atoms with Crippen molar-refractivity contribution in [2.45, 2.75) is 0 Å². The van der Waals surface area contributed by atoms with Gasteiger partial charge in [0.2, 0.25) is 0 Å². The van der Waals surface area contributed by atoms with E-state index in [4.69, 9.17) is 4.52 Å². The van der Waals surface area contributed by atoms with Crippen LogP contribution in [-0.2, 0) is 13.6 Å². The smallest absolute Gasteiger partial charge is 0.312 e. The van der Waals surface area contributed by atoms with Gasteiger partial charge < -0.3 is 9.05 Å². The predicted octanol–water partition coefficient (Wildman–Crippen LogP) is 1.66. The molecule has 0 radical (unpaired) electrons. The van der Waals surface area contributed by atoms with E-state index in [0.717, 1.165) is 0 Å². The van der Waals surface area contributed by atoms with E-state index < -0.39 is 7.60 Å². The van der Waals surface area contributed by atoms with E-state index in [-0.39, 0.29) is 6.61 Å². The highest BCUT2D eigenvalue weighted by Gasteiger charge is 2.11. The average molecular weight is 150 g/mol. The third-order valence-electron chi connectivity index (χ3n) is 0.759. The van der Waals surface area contributed by atoms with Crippen molar-refractivity contribution in [1.29, 1.82) is 0 Å². The lowest BCUT2D eigenvalue weighted by Crippen LogP contribution is -1.89. The van der Waals surface area contributed by atoms with E-state index >= 15 is 0 Å². The second-order valence-electron chi connectivity index (χ2n) is 1.54. The molecule has 54 valence electrons. The summed E-state index contributed by atoms with van der Waals surface area (Å²) in [5.74, 6) is 0. The molecule has 0 amide bonds. The third-order valence-corrected chi connectivity index (χ3v) is 2.04. The number of hydrogen-bond acceptors (Lipinski definition) is 3. The number of hydrogen-bond donors (Lipinski definition) is 0. The molecule has 0 saturated carbocycles. The second-order valence-corrected chi connectivity index (χ2v) is 3.70. The molecule has 4 heteroatoms. The highest BCUT2D eigenvalue weighted by atomic mass is 31.2. The molecule has 0 aromatic rings. The van der Waals surface area contributed by atoms with Gasteiger partial charge in [0.25, 0.3) is 0 Å². The summed E-state index contributed by atoms with van der Waals surface area (Å²) in [4.78, 5) is 0. The van der Waals surface area contributed by atoms with Gasteiger partial charge in [-0.1, -0.05) is 6.08 Å². The summed E-state index contributed by atoms with van der Waals surface area (Å²) in [5.41, 5.74) is 0. The number of rotatable bonds is 4. The Hall–Kier alpha value is -0.110. The molecule has 0 spiro atoms. The summed E-state index contributed by atoms with van der Waals surface area (Å²) < 4.78 is 20.1. The predicted molar refractivity (Wildman–Crippen MR) is 36.7 cm³/mol. The molecule has 0 N–H and O–H groups in total. The molecule has 0 saturated heterocycles. The SMILES string of the molecule is C=CCOP(C)(=O)OC. The minimum atomic E-state index is -2.76. The van der Waals surface area contributed by atoms with Crippen molar-refractivity contribution in [3.05, 3.63) is 12.7 Å². The normalized spacial score (nSPS) is 16.7. The van der Waals surface area contributed by atoms with Crippen molar-refractivity contribution < 1.29 is 13.6 Å². The first-order chi connectivity index (χ1) is 4.12. The molecular formula is C5H11O3P. The molecule has 0 bridgehead atoms. The van der Waals surface area contributed by atoms with Gasteiger partial charge >= 0.3 is 7.60 Å². The van der Waals surface area contributed by atoms with Crippen LogP contribution in [0.25, 0.3) is 0 Å². The van der Waals surface area contributed by atoms with Crippen LogP contribution in [0.4, 0.5) is 0 Å². The molecule has 0 fully saturated rings. The Labute approximate surface area is 55.2 Å². The van der Waals surface area contributed by atoms with Gasteiger partial charge in [0.15, 0.2) is 0 Å². The first kappa shape index (κ1) is 8.89. The minimum Gasteiger partial charge on any atom is -0.312 e. The molecule has 3 nitrogen and oxygen atoms in total. The maximum absolute atomic E-state index is 10.8. The monoisotopic (exact) mass is 150 g/mol. The lowest BCUT2D eigenvalue weighted by Gasteiger charge is -2.07. The summed E-state index contributed by atoms with van der Waals surface area (Å²) in [7, 11) is -1.41. The topological polar surface area (TPSA) is 35.5 Å². The van der Waals surface area contributed by atoms with E-state index in [1.807, 2.05) is 0 Å². The van der Waals surface area contributed by atoms with Crippen LogP contribution < -0.4 is 0 Å². The molecule has 1 unspecified atom stereocenters. The molecule has 0 aliphatic carbocycles. The van der Waals surface area contributed by atoms with Crippen LogP contribution in [0.3, 0.4) is 0 Å². The maximum atomic E-state index is 10.8. The Balaban J connectivity index is 3.58. The van der Waals surface area contributed by atoms with Crippen LogP contribution in [0.15, 0.2) is 12.7 Å². The zero-order chi connectivity index (χ0) is 7.33. The molecule has 9 heavy (non-hydrogen) atoms. The third kappa shape index (κ3) is 4.40. The fourth-order valence-corrected chi connectivity index (χ4v) is 0.722. The standard InChI is InChI=1S/C5H11O3P/c1-4-5-8-9(3,6)7-2/h4H,1,5H2,2-3H3. The highest BCUT2D eigenvalue weighted by Crippen LogP contribution is 2.42. The van der Waals surface area contributed by atoms with E-state index in [0.29, 0.717) is 0 Å².